The number of hydrogen-bond donors (Lipinski definition) is 1. The third kappa shape index (κ3) is 3.89. The lowest BCUT2D eigenvalue weighted by molar-refractivity contribution is -0.385. The molecule has 1 N–H and O–H groups in total. The third-order valence-electron chi connectivity index (χ3n) is 3.47. The van der Waals surface area contributed by atoms with Crippen molar-refractivity contribution in [1.82, 2.24) is 5.32 Å². The molecule has 0 aliphatic heterocycles. The lowest BCUT2D eigenvalue weighted by Crippen LogP contribution is -2.23. The highest BCUT2D eigenvalue weighted by Crippen LogP contribution is 2.27. The van der Waals surface area contributed by atoms with E-state index in [4.69, 9.17) is 0 Å². The summed E-state index contributed by atoms with van der Waals surface area (Å²) in [5, 5.41) is 14.5. The van der Waals surface area contributed by atoms with E-state index in [1.165, 1.54) is 6.07 Å². The van der Waals surface area contributed by atoms with E-state index in [2.05, 4.69) is 28.2 Å². The Morgan fingerprint density at radius 1 is 1.05 bits per heavy atom. The topological polar surface area (TPSA) is 55.2 Å². The van der Waals surface area contributed by atoms with Crippen molar-refractivity contribution in [2.45, 2.75) is 25.9 Å². The second-order valence-corrected chi connectivity index (χ2v) is 5.89. The molecule has 0 saturated heterocycles. The van der Waals surface area contributed by atoms with Crippen molar-refractivity contribution in [3.8, 4) is 0 Å². The summed E-state index contributed by atoms with van der Waals surface area (Å²) in [6.07, 6.45) is 0. The first kappa shape index (κ1) is 15.7. The Morgan fingerprint density at radius 3 is 2.29 bits per heavy atom. The molecular formula is C16H17BrN2O2. The predicted octanol–water partition coefficient (Wildman–Crippen LogP) is 4.77. The maximum absolute atomic E-state index is 11.1. The molecule has 2 aromatic rings. The number of nitro benzene ring substituents is 1. The molecule has 0 aromatic heterocycles. The summed E-state index contributed by atoms with van der Waals surface area (Å²) < 4.78 is 1.03. The van der Waals surface area contributed by atoms with Crippen LogP contribution >= 0.6 is 15.9 Å². The maximum atomic E-state index is 11.1. The number of para-hydroxylation sites is 1. The Hall–Kier alpha value is -1.72. The SMILES string of the molecule is CC(N[C@@H](C)c1ccc(Br)cc1)c1ccccc1[N+](=O)[O-]. The molecule has 0 saturated carbocycles. The number of benzene rings is 2. The van der Waals surface area contributed by atoms with Gasteiger partial charge in [0.05, 0.1) is 4.92 Å². The molecule has 110 valence electrons. The Labute approximate surface area is 132 Å². The van der Waals surface area contributed by atoms with Crippen LogP contribution in [0.15, 0.2) is 53.0 Å². The number of hydrogen-bond acceptors (Lipinski definition) is 3. The fourth-order valence-electron chi connectivity index (χ4n) is 2.33. The van der Waals surface area contributed by atoms with Gasteiger partial charge >= 0.3 is 0 Å². The molecule has 4 nitrogen and oxygen atoms in total. The van der Waals surface area contributed by atoms with Gasteiger partial charge in [-0.05, 0) is 31.5 Å². The van der Waals surface area contributed by atoms with Crippen LogP contribution in [0, 0.1) is 10.1 Å². The van der Waals surface area contributed by atoms with Gasteiger partial charge in [-0.1, -0.05) is 46.3 Å². The molecule has 0 heterocycles. The Kier molecular flexibility index (Phi) is 5.09. The van der Waals surface area contributed by atoms with Crippen molar-refractivity contribution in [2.75, 3.05) is 0 Å². The number of nitro groups is 1. The number of halogens is 1. The standard InChI is InChI=1S/C16H17BrN2O2/c1-11(13-7-9-14(17)10-8-13)18-12(2)15-5-3-4-6-16(15)19(20)21/h3-12,18H,1-2H3/t11-,12?/m0/s1. The van der Waals surface area contributed by atoms with Gasteiger partial charge in [0.15, 0.2) is 0 Å². The maximum Gasteiger partial charge on any atom is 0.274 e. The molecule has 2 atom stereocenters. The van der Waals surface area contributed by atoms with Crippen LogP contribution in [0.1, 0.15) is 37.1 Å². The van der Waals surface area contributed by atoms with E-state index in [9.17, 15) is 10.1 Å². The summed E-state index contributed by atoms with van der Waals surface area (Å²) in [5.74, 6) is 0. The zero-order valence-corrected chi connectivity index (χ0v) is 13.5. The first-order valence-electron chi connectivity index (χ1n) is 6.74. The molecule has 1 unspecified atom stereocenters. The van der Waals surface area contributed by atoms with Gasteiger partial charge in [-0.25, -0.2) is 0 Å². The Morgan fingerprint density at radius 2 is 1.67 bits per heavy atom. The second kappa shape index (κ2) is 6.83. The second-order valence-electron chi connectivity index (χ2n) is 4.98. The highest BCUT2D eigenvalue weighted by molar-refractivity contribution is 9.10. The molecular weight excluding hydrogens is 332 g/mol. The minimum absolute atomic E-state index is 0.105. The quantitative estimate of drug-likeness (QED) is 0.625. The third-order valence-corrected chi connectivity index (χ3v) is 4.00. The Bertz CT molecular complexity index is 628. The van der Waals surface area contributed by atoms with Crippen LogP contribution < -0.4 is 5.32 Å². The van der Waals surface area contributed by atoms with Crippen LogP contribution in [0.25, 0.3) is 0 Å². The largest absolute Gasteiger partial charge is 0.303 e. The van der Waals surface area contributed by atoms with Crippen LogP contribution in [0.4, 0.5) is 5.69 Å². The van der Waals surface area contributed by atoms with Gasteiger partial charge < -0.3 is 5.32 Å². The van der Waals surface area contributed by atoms with Crippen molar-refractivity contribution < 1.29 is 4.92 Å². The number of nitrogens with zero attached hydrogens (tertiary/aromatic N) is 1. The van der Waals surface area contributed by atoms with E-state index >= 15 is 0 Å². The molecule has 2 rings (SSSR count). The number of nitrogens with one attached hydrogen (secondary N) is 1. The average molecular weight is 349 g/mol. The van der Waals surface area contributed by atoms with E-state index < -0.39 is 0 Å². The fourth-order valence-corrected chi connectivity index (χ4v) is 2.60. The van der Waals surface area contributed by atoms with Gasteiger partial charge in [0.1, 0.15) is 0 Å². The molecule has 5 heteroatoms. The van der Waals surface area contributed by atoms with Crippen molar-refractivity contribution in [3.05, 3.63) is 74.2 Å². The zero-order chi connectivity index (χ0) is 15.4. The van der Waals surface area contributed by atoms with Crippen molar-refractivity contribution in [1.29, 1.82) is 0 Å². The van der Waals surface area contributed by atoms with Gasteiger partial charge in [-0.2, -0.15) is 0 Å². The van der Waals surface area contributed by atoms with Crippen molar-refractivity contribution >= 4 is 21.6 Å². The summed E-state index contributed by atoms with van der Waals surface area (Å²) in [5.41, 5.74) is 2.00. The summed E-state index contributed by atoms with van der Waals surface area (Å²) in [6.45, 7) is 3.99. The van der Waals surface area contributed by atoms with Gasteiger partial charge in [-0.15, -0.1) is 0 Å². The molecule has 0 aliphatic carbocycles. The van der Waals surface area contributed by atoms with Gasteiger partial charge in [0.25, 0.3) is 5.69 Å². The number of rotatable bonds is 5. The lowest BCUT2D eigenvalue weighted by Gasteiger charge is -2.20. The highest BCUT2D eigenvalue weighted by atomic mass is 79.9. The van der Waals surface area contributed by atoms with Crippen molar-refractivity contribution in [3.63, 3.8) is 0 Å². The lowest BCUT2D eigenvalue weighted by atomic mass is 10.0. The molecule has 0 fully saturated rings. The van der Waals surface area contributed by atoms with Crippen LogP contribution in [0.2, 0.25) is 0 Å². The first-order valence-corrected chi connectivity index (χ1v) is 7.53. The molecule has 2 aromatic carbocycles. The van der Waals surface area contributed by atoms with Crippen LogP contribution in [-0.4, -0.2) is 4.92 Å². The molecule has 0 spiro atoms. The van der Waals surface area contributed by atoms with E-state index in [1.807, 2.05) is 37.3 Å². The summed E-state index contributed by atoms with van der Waals surface area (Å²) in [4.78, 5) is 10.8. The predicted molar refractivity (Wildman–Crippen MR) is 87.2 cm³/mol. The van der Waals surface area contributed by atoms with Crippen LogP contribution in [0.3, 0.4) is 0 Å². The van der Waals surface area contributed by atoms with Crippen LogP contribution in [-0.2, 0) is 0 Å². The van der Waals surface area contributed by atoms with E-state index in [1.54, 1.807) is 12.1 Å². The summed E-state index contributed by atoms with van der Waals surface area (Å²) in [7, 11) is 0. The minimum Gasteiger partial charge on any atom is -0.303 e. The molecule has 21 heavy (non-hydrogen) atoms. The molecule has 0 aliphatic rings. The normalized spacial score (nSPS) is 13.7. The summed E-state index contributed by atoms with van der Waals surface area (Å²) in [6, 6.07) is 14.9. The van der Waals surface area contributed by atoms with Gasteiger partial charge in [0.2, 0.25) is 0 Å². The zero-order valence-electron chi connectivity index (χ0n) is 11.9. The van der Waals surface area contributed by atoms with Gasteiger partial charge in [0, 0.05) is 28.2 Å². The van der Waals surface area contributed by atoms with E-state index in [0.717, 1.165) is 10.0 Å². The highest BCUT2D eigenvalue weighted by Gasteiger charge is 2.19. The van der Waals surface area contributed by atoms with Crippen LogP contribution in [0.5, 0.6) is 0 Å². The fraction of sp³-hybridized carbons (Fsp3) is 0.250. The van der Waals surface area contributed by atoms with Gasteiger partial charge in [-0.3, -0.25) is 10.1 Å². The molecule has 0 bridgehead atoms. The van der Waals surface area contributed by atoms with Crippen molar-refractivity contribution in [2.24, 2.45) is 0 Å². The van der Waals surface area contributed by atoms with E-state index in [-0.39, 0.29) is 22.7 Å². The average Bonchev–Trinajstić information content (AvgIpc) is 2.47. The molecule has 0 radical (unpaired) electrons. The summed E-state index contributed by atoms with van der Waals surface area (Å²) >= 11 is 3.41. The molecule has 0 amide bonds. The Balaban J connectivity index is 2.16. The first-order chi connectivity index (χ1) is 9.99. The smallest absolute Gasteiger partial charge is 0.274 e. The van der Waals surface area contributed by atoms with E-state index in [0.29, 0.717) is 5.56 Å². The minimum atomic E-state index is -0.336. The monoisotopic (exact) mass is 348 g/mol.